The Morgan fingerprint density at radius 2 is 1.27 bits per heavy atom. The number of hydrogen-bond acceptors (Lipinski definition) is 0. The fourth-order valence-electron chi connectivity index (χ4n) is 1.99. The predicted molar refractivity (Wildman–Crippen MR) is 44.6 cm³/mol. The zero-order valence-electron chi connectivity index (χ0n) is 6.12. The first-order valence-electron chi connectivity index (χ1n) is 3.98. The van der Waals surface area contributed by atoms with Crippen molar-refractivity contribution in [3.63, 3.8) is 0 Å². The highest BCUT2D eigenvalue weighted by molar-refractivity contribution is 5.48. The van der Waals surface area contributed by atoms with E-state index in [0.717, 1.165) is 0 Å². The van der Waals surface area contributed by atoms with E-state index in [4.69, 9.17) is 0 Å². The highest BCUT2D eigenvalue weighted by Crippen LogP contribution is 2.39. The molecule has 1 aromatic heterocycles. The molecule has 3 aliphatic rings. The first-order chi connectivity index (χ1) is 5.45. The Kier molecular flexibility index (Phi) is 0.823. The van der Waals surface area contributed by atoms with Crippen molar-refractivity contribution in [3.05, 3.63) is 47.8 Å². The molecule has 0 unspecified atom stereocenters. The van der Waals surface area contributed by atoms with Gasteiger partial charge >= 0.3 is 0 Å². The molecule has 11 heavy (non-hydrogen) atoms. The standard InChI is InChI=1S/C10H9N/c1-2-8-4-3-7(1)9-5-11-6-10(8)9/h1-8,11H. The molecule has 1 nitrogen and oxygen atoms in total. The molecule has 2 bridgehead atoms. The van der Waals surface area contributed by atoms with Crippen LogP contribution in [0.3, 0.4) is 0 Å². The Balaban J connectivity index is 2.30. The van der Waals surface area contributed by atoms with Crippen LogP contribution < -0.4 is 0 Å². The van der Waals surface area contributed by atoms with Gasteiger partial charge in [0.1, 0.15) is 0 Å². The quantitative estimate of drug-likeness (QED) is 0.536. The minimum absolute atomic E-state index is 0.543. The van der Waals surface area contributed by atoms with E-state index in [2.05, 4.69) is 41.7 Å². The van der Waals surface area contributed by atoms with Gasteiger partial charge in [-0.25, -0.2) is 0 Å². The lowest BCUT2D eigenvalue weighted by atomic mass is 9.79. The first-order valence-corrected chi connectivity index (χ1v) is 3.98. The highest BCUT2D eigenvalue weighted by atomic mass is 14.7. The monoisotopic (exact) mass is 143 g/mol. The Hall–Kier alpha value is -1.24. The minimum atomic E-state index is 0.543. The Morgan fingerprint density at radius 3 is 1.73 bits per heavy atom. The number of hydrogen-bond donors (Lipinski definition) is 1. The lowest BCUT2D eigenvalue weighted by molar-refractivity contribution is 0.889. The molecule has 0 saturated heterocycles. The molecule has 0 aliphatic heterocycles. The van der Waals surface area contributed by atoms with Gasteiger partial charge in [0.2, 0.25) is 0 Å². The fraction of sp³-hybridized carbons (Fsp3) is 0.200. The average Bonchev–Trinajstić information content (AvgIpc) is 2.55. The van der Waals surface area contributed by atoms with Gasteiger partial charge < -0.3 is 4.98 Å². The lowest BCUT2D eigenvalue weighted by Gasteiger charge is -2.24. The van der Waals surface area contributed by atoms with Crippen LogP contribution in [0.2, 0.25) is 0 Å². The molecule has 1 heterocycles. The summed E-state index contributed by atoms with van der Waals surface area (Å²) < 4.78 is 0. The normalized spacial score (nSPS) is 30.9. The molecular formula is C10H9N. The number of aromatic nitrogens is 1. The summed E-state index contributed by atoms with van der Waals surface area (Å²) in [6.07, 6.45) is 13.3. The Labute approximate surface area is 65.4 Å². The van der Waals surface area contributed by atoms with Gasteiger partial charge in [-0.15, -0.1) is 0 Å². The maximum atomic E-state index is 3.16. The molecular weight excluding hydrogens is 134 g/mol. The zero-order valence-corrected chi connectivity index (χ0v) is 6.12. The molecule has 0 amide bonds. The lowest BCUT2D eigenvalue weighted by Crippen LogP contribution is -2.08. The van der Waals surface area contributed by atoms with Crippen molar-refractivity contribution in [2.45, 2.75) is 11.8 Å². The SMILES string of the molecule is C1=CC2C=CC1c1c[nH]cc12. The van der Waals surface area contributed by atoms with E-state index < -0.39 is 0 Å². The van der Waals surface area contributed by atoms with Gasteiger partial charge in [-0.3, -0.25) is 0 Å². The topological polar surface area (TPSA) is 15.8 Å². The largest absolute Gasteiger partial charge is 0.367 e. The van der Waals surface area contributed by atoms with Crippen molar-refractivity contribution in [1.82, 2.24) is 4.98 Å². The summed E-state index contributed by atoms with van der Waals surface area (Å²) in [5.41, 5.74) is 2.92. The van der Waals surface area contributed by atoms with Gasteiger partial charge in [0.05, 0.1) is 0 Å². The van der Waals surface area contributed by atoms with E-state index in [0.29, 0.717) is 11.8 Å². The van der Waals surface area contributed by atoms with Crippen LogP contribution in [0.1, 0.15) is 23.0 Å². The molecule has 0 saturated carbocycles. The van der Waals surface area contributed by atoms with Gasteiger partial charge in [-0.2, -0.15) is 0 Å². The molecule has 1 N–H and O–H groups in total. The zero-order chi connectivity index (χ0) is 7.26. The van der Waals surface area contributed by atoms with E-state index in [9.17, 15) is 0 Å². The third kappa shape index (κ3) is 0.559. The predicted octanol–water partition coefficient (Wildman–Crippen LogP) is 2.32. The molecule has 1 heteroatoms. The van der Waals surface area contributed by atoms with E-state index in [-0.39, 0.29) is 0 Å². The van der Waals surface area contributed by atoms with Gasteiger partial charge in [-0.05, 0) is 11.1 Å². The Morgan fingerprint density at radius 1 is 0.818 bits per heavy atom. The summed E-state index contributed by atoms with van der Waals surface area (Å²) in [5, 5.41) is 0. The number of allylic oxidation sites excluding steroid dienone is 4. The fourth-order valence-corrected chi connectivity index (χ4v) is 1.99. The van der Waals surface area contributed by atoms with Crippen molar-refractivity contribution in [3.8, 4) is 0 Å². The van der Waals surface area contributed by atoms with Crippen LogP contribution in [-0.2, 0) is 0 Å². The van der Waals surface area contributed by atoms with Crippen LogP contribution in [0.25, 0.3) is 0 Å². The van der Waals surface area contributed by atoms with Crippen LogP contribution in [0.15, 0.2) is 36.7 Å². The van der Waals surface area contributed by atoms with E-state index >= 15 is 0 Å². The number of aromatic amines is 1. The van der Waals surface area contributed by atoms with Crippen molar-refractivity contribution in [2.75, 3.05) is 0 Å². The summed E-state index contributed by atoms with van der Waals surface area (Å²) in [6, 6.07) is 0. The number of rotatable bonds is 0. The van der Waals surface area contributed by atoms with Gasteiger partial charge in [0.25, 0.3) is 0 Å². The Bertz CT molecular complexity index is 299. The van der Waals surface area contributed by atoms with Crippen molar-refractivity contribution < 1.29 is 0 Å². The second-order valence-corrected chi connectivity index (χ2v) is 3.19. The summed E-state index contributed by atoms with van der Waals surface area (Å²) in [5.74, 6) is 1.09. The third-order valence-electron chi connectivity index (χ3n) is 2.58. The maximum Gasteiger partial charge on any atom is 0.0217 e. The molecule has 1 aromatic rings. The second kappa shape index (κ2) is 1.67. The van der Waals surface area contributed by atoms with E-state index in [1.54, 1.807) is 0 Å². The van der Waals surface area contributed by atoms with Crippen molar-refractivity contribution >= 4 is 0 Å². The summed E-state index contributed by atoms with van der Waals surface area (Å²) in [6.45, 7) is 0. The molecule has 3 aliphatic carbocycles. The first kappa shape index (κ1) is 5.42. The van der Waals surface area contributed by atoms with Crippen LogP contribution >= 0.6 is 0 Å². The van der Waals surface area contributed by atoms with E-state index in [1.807, 2.05) is 0 Å². The molecule has 0 spiro atoms. The van der Waals surface area contributed by atoms with Crippen molar-refractivity contribution in [2.24, 2.45) is 0 Å². The van der Waals surface area contributed by atoms with Crippen LogP contribution in [0, 0.1) is 0 Å². The van der Waals surface area contributed by atoms with E-state index in [1.165, 1.54) is 11.1 Å². The summed E-state index contributed by atoms with van der Waals surface area (Å²) in [7, 11) is 0. The van der Waals surface area contributed by atoms with Gasteiger partial charge in [0, 0.05) is 24.2 Å². The molecule has 0 fully saturated rings. The average molecular weight is 143 g/mol. The molecule has 54 valence electrons. The molecule has 0 radical (unpaired) electrons. The molecule has 4 rings (SSSR count). The summed E-state index contributed by atoms with van der Waals surface area (Å²) >= 11 is 0. The van der Waals surface area contributed by atoms with Crippen LogP contribution in [0.4, 0.5) is 0 Å². The minimum Gasteiger partial charge on any atom is -0.367 e. The third-order valence-corrected chi connectivity index (χ3v) is 2.58. The van der Waals surface area contributed by atoms with Crippen LogP contribution in [0.5, 0.6) is 0 Å². The van der Waals surface area contributed by atoms with Crippen LogP contribution in [-0.4, -0.2) is 4.98 Å². The van der Waals surface area contributed by atoms with Gasteiger partial charge in [0.15, 0.2) is 0 Å². The number of H-pyrrole nitrogens is 1. The summed E-state index contributed by atoms with van der Waals surface area (Å²) in [4.78, 5) is 3.16. The van der Waals surface area contributed by atoms with Gasteiger partial charge in [-0.1, -0.05) is 24.3 Å². The smallest absolute Gasteiger partial charge is 0.0217 e. The maximum absolute atomic E-state index is 3.16. The highest BCUT2D eigenvalue weighted by Gasteiger charge is 2.24. The molecule has 0 atom stereocenters. The number of nitrogens with one attached hydrogen (secondary N) is 1. The molecule has 0 aromatic carbocycles. The van der Waals surface area contributed by atoms with Crippen molar-refractivity contribution in [1.29, 1.82) is 0 Å². The second-order valence-electron chi connectivity index (χ2n) is 3.19.